The number of aromatic amines is 1. The van der Waals surface area contributed by atoms with Crippen molar-refractivity contribution >= 4 is 22.5 Å². The molecule has 1 amide bonds. The molecule has 0 atom stereocenters. The minimum absolute atomic E-state index is 0.100. The standard InChI is InChI=1S/C27H23N5O2/c1-16(13-28)14-32-15-21-18(9-11-23(29-2)25(21)27(32)33)17-8-10-22-20(12-17)26(31-30-22)19-6-4-5-7-24(19)34-3/h4-12,29H,1,14-15H2,2-3H3,(H,30,31). The van der Waals surface area contributed by atoms with Crippen molar-refractivity contribution in [1.82, 2.24) is 15.1 Å². The number of amides is 1. The van der Waals surface area contributed by atoms with Crippen LogP contribution in [0.2, 0.25) is 0 Å². The van der Waals surface area contributed by atoms with Gasteiger partial charge in [0.1, 0.15) is 11.4 Å². The number of nitrogens with one attached hydrogen (secondary N) is 2. The summed E-state index contributed by atoms with van der Waals surface area (Å²) in [6.07, 6.45) is 0. The van der Waals surface area contributed by atoms with Crippen LogP contribution in [0.4, 0.5) is 5.69 Å². The molecule has 1 aliphatic heterocycles. The monoisotopic (exact) mass is 449 g/mol. The Hall–Kier alpha value is -4.57. The number of ether oxygens (including phenoxy) is 1. The van der Waals surface area contributed by atoms with Crippen LogP contribution in [0.3, 0.4) is 0 Å². The summed E-state index contributed by atoms with van der Waals surface area (Å²) in [6.45, 7) is 4.38. The molecule has 5 rings (SSSR count). The Kier molecular flexibility index (Phi) is 5.27. The van der Waals surface area contributed by atoms with Crippen molar-refractivity contribution in [3.63, 3.8) is 0 Å². The molecule has 0 unspecified atom stereocenters. The van der Waals surface area contributed by atoms with Gasteiger partial charge >= 0.3 is 0 Å². The number of carbonyl (C=O) groups is 1. The van der Waals surface area contributed by atoms with Crippen LogP contribution < -0.4 is 10.1 Å². The van der Waals surface area contributed by atoms with Crippen molar-refractivity contribution < 1.29 is 9.53 Å². The SMILES string of the molecule is C=C(C#N)CN1Cc2c(-c3ccc4[nH]nc(-c5ccccc5OC)c4c3)ccc(NC)c2C1=O. The topological polar surface area (TPSA) is 94.0 Å². The predicted molar refractivity (Wildman–Crippen MR) is 133 cm³/mol. The Morgan fingerprint density at radius 2 is 2.06 bits per heavy atom. The lowest BCUT2D eigenvalue weighted by atomic mass is 9.94. The quantitative estimate of drug-likeness (QED) is 0.405. The van der Waals surface area contributed by atoms with E-state index >= 15 is 0 Å². The second-order valence-electron chi connectivity index (χ2n) is 8.17. The van der Waals surface area contributed by atoms with Crippen LogP contribution in [0.5, 0.6) is 5.75 Å². The fraction of sp³-hybridized carbons (Fsp3) is 0.148. The highest BCUT2D eigenvalue weighted by Crippen LogP contribution is 2.40. The molecule has 0 bridgehead atoms. The first kappa shape index (κ1) is 21.3. The van der Waals surface area contributed by atoms with Crippen LogP contribution >= 0.6 is 0 Å². The lowest BCUT2D eigenvalue weighted by Gasteiger charge is -2.14. The predicted octanol–water partition coefficient (Wildman–Crippen LogP) is 4.98. The van der Waals surface area contributed by atoms with Crippen molar-refractivity contribution in [1.29, 1.82) is 5.26 Å². The molecule has 0 saturated carbocycles. The molecule has 3 aromatic carbocycles. The van der Waals surface area contributed by atoms with Gasteiger partial charge in [0.2, 0.25) is 0 Å². The number of H-pyrrole nitrogens is 1. The summed E-state index contributed by atoms with van der Waals surface area (Å²) in [7, 11) is 3.45. The Labute approximate surface area is 197 Å². The molecule has 34 heavy (non-hydrogen) atoms. The number of fused-ring (bicyclic) bond motifs is 2. The van der Waals surface area contributed by atoms with E-state index in [0.717, 1.165) is 50.3 Å². The minimum atomic E-state index is -0.100. The lowest BCUT2D eigenvalue weighted by Crippen LogP contribution is -2.26. The molecule has 1 aliphatic rings. The van der Waals surface area contributed by atoms with Gasteiger partial charge in [0.15, 0.2) is 0 Å². The molecule has 2 heterocycles. The largest absolute Gasteiger partial charge is 0.496 e. The van der Waals surface area contributed by atoms with E-state index in [0.29, 0.717) is 17.7 Å². The number of nitriles is 1. The van der Waals surface area contributed by atoms with Crippen LogP contribution in [0.15, 0.2) is 66.7 Å². The molecule has 2 N–H and O–H groups in total. The third-order valence-corrected chi connectivity index (χ3v) is 6.21. The lowest BCUT2D eigenvalue weighted by molar-refractivity contribution is 0.0794. The maximum absolute atomic E-state index is 13.2. The van der Waals surface area contributed by atoms with Gasteiger partial charge in [-0.05, 0) is 47.0 Å². The molecule has 4 aromatic rings. The molecule has 0 fully saturated rings. The summed E-state index contributed by atoms with van der Waals surface area (Å²) < 4.78 is 5.55. The number of anilines is 1. The molecular formula is C27H23N5O2. The highest BCUT2D eigenvalue weighted by atomic mass is 16.5. The van der Waals surface area contributed by atoms with E-state index in [9.17, 15) is 4.79 Å². The highest BCUT2D eigenvalue weighted by Gasteiger charge is 2.32. The summed E-state index contributed by atoms with van der Waals surface area (Å²) in [4.78, 5) is 14.9. The van der Waals surface area contributed by atoms with E-state index in [1.54, 1.807) is 19.1 Å². The average Bonchev–Trinajstić information content (AvgIpc) is 3.44. The second kappa shape index (κ2) is 8.41. The van der Waals surface area contributed by atoms with Gasteiger partial charge in [-0.2, -0.15) is 10.4 Å². The number of hydrogen-bond acceptors (Lipinski definition) is 5. The van der Waals surface area contributed by atoms with Gasteiger partial charge in [-0.1, -0.05) is 30.8 Å². The Morgan fingerprint density at radius 3 is 2.82 bits per heavy atom. The minimum Gasteiger partial charge on any atom is -0.496 e. The first-order valence-corrected chi connectivity index (χ1v) is 10.9. The van der Waals surface area contributed by atoms with Crippen LogP contribution in [0.25, 0.3) is 33.3 Å². The number of methoxy groups -OCH3 is 1. The van der Waals surface area contributed by atoms with E-state index in [4.69, 9.17) is 10.00 Å². The molecular weight excluding hydrogens is 426 g/mol. The molecule has 7 nitrogen and oxygen atoms in total. The first-order chi connectivity index (χ1) is 16.5. The van der Waals surface area contributed by atoms with Crippen LogP contribution in [0, 0.1) is 11.3 Å². The summed E-state index contributed by atoms with van der Waals surface area (Å²) >= 11 is 0. The van der Waals surface area contributed by atoms with Gasteiger partial charge in [0.05, 0.1) is 30.8 Å². The fourth-order valence-corrected chi connectivity index (χ4v) is 4.58. The number of benzene rings is 3. The third kappa shape index (κ3) is 3.37. The van der Waals surface area contributed by atoms with Crippen molar-refractivity contribution in [3.05, 3.63) is 77.9 Å². The van der Waals surface area contributed by atoms with Crippen LogP contribution in [-0.4, -0.2) is 41.7 Å². The number of hydrogen-bond donors (Lipinski definition) is 2. The molecule has 0 spiro atoms. The van der Waals surface area contributed by atoms with Gasteiger partial charge in [0, 0.05) is 35.8 Å². The number of aromatic nitrogens is 2. The molecule has 168 valence electrons. The second-order valence-corrected chi connectivity index (χ2v) is 8.17. The Morgan fingerprint density at radius 1 is 1.24 bits per heavy atom. The van der Waals surface area contributed by atoms with E-state index in [-0.39, 0.29) is 12.5 Å². The van der Waals surface area contributed by atoms with E-state index in [1.165, 1.54) is 0 Å². The molecule has 1 aromatic heterocycles. The molecule has 0 radical (unpaired) electrons. The third-order valence-electron chi connectivity index (χ3n) is 6.21. The zero-order chi connectivity index (χ0) is 23.8. The number of para-hydroxylation sites is 1. The molecule has 0 saturated heterocycles. The van der Waals surface area contributed by atoms with Gasteiger partial charge < -0.3 is 15.0 Å². The average molecular weight is 450 g/mol. The summed E-state index contributed by atoms with van der Waals surface area (Å²) in [5.74, 6) is 0.649. The van der Waals surface area contributed by atoms with Gasteiger partial charge in [-0.15, -0.1) is 0 Å². The zero-order valence-electron chi connectivity index (χ0n) is 19.0. The van der Waals surface area contributed by atoms with E-state index < -0.39 is 0 Å². The molecule has 0 aliphatic carbocycles. The summed E-state index contributed by atoms with van der Waals surface area (Å²) in [5.41, 5.74) is 7.28. The summed E-state index contributed by atoms with van der Waals surface area (Å²) in [6, 6.07) is 19.9. The summed E-state index contributed by atoms with van der Waals surface area (Å²) in [5, 5.41) is 20.9. The van der Waals surface area contributed by atoms with Gasteiger partial charge in [-0.3, -0.25) is 9.89 Å². The van der Waals surface area contributed by atoms with Crippen molar-refractivity contribution in [3.8, 4) is 34.2 Å². The fourth-order valence-electron chi connectivity index (χ4n) is 4.58. The first-order valence-electron chi connectivity index (χ1n) is 10.9. The number of carbonyl (C=O) groups excluding carboxylic acids is 1. The Balaban J connectivity index is 1.64. The van der Waals surface area contributed by atoms with E-state index in [1.807, 2.05) is 54.6 Å². The van der Waals surface area contributed by atoms with Gasteiger partial charge in [-0.25, -0.2) is 0 Å². The smallest absolute Gasteiger partial charge is 0.256 e. The van der Waals surface area contributed by atoms with Crippen LogP contribution in [-0.2, 0) is 6.54 Å². The highest BCUT2D eigenvalue weighted by molar-refractivity contribution is 6.06. The maximum Gasteiger partial charge on any atom is 0.256 e. The number of nitrogens with zero attached hydrogens (tertiary/aromatic N) is 3. The van der Waals surface area contributed by atoms with Crippen LogP contribution in [0.1, 0.15) is 15.9 Å². The maximum atomic E-state index is 13.2. The van der Waals surface area contributed by atoms with Crippen molar-refractivity contribution in [2.24, 2.45) is 0 Å². The Bertz CT molecular complexity index is 1490. The normalized spacial score (nSPS) is 12.5. The van der Waals surface area contributed by atoms with E-state index in [2.05, 4.69) is 28.2 Å². The number of rotatable bonds is 6. The zero-order valence-corrected chi connectivity index (χ0v) is 19.0. The van der Waals surface area contributed by atoms with Crippen molar-refractivity contribution in [2.45, 2.75) is 6.54 Å². The molecule has 7 heteroatoms. The van der Waals surface area contributed by atoms with Gasteiger partial charge in [0.25, 0.3) is 5.91 Å². The van der Waals surface area contributed by atoms with Crippen molar-refractivity contribution in [2.75, 3.05) is 26.0 Å².